The minimum absolute atomic E-state index is 0.0866. The van der Waals surface area contributed by atoms with E-state index in [1.807, 2.05) is 20.8 Å². The molecule has 0 atom stereocenters. The molecule has 1 aromatic heterocycles. The van der Waals surface area contributed by atoms with Gasteiger partial charge < -0.3 is 20.3 Å². The van der Waals surface area contributed by atoms with Crippen LogP contribution >= 0.6 is 0 Å². The maximum atomic E-state index is 12.5. The second-order valence-electron chi connectivity index (χ2n) is 6.97. The third-order valence-corrected chi connectivity index (χ3v) is 3.43. The van der Waals surface area contributed by atoms with Crippen molar-refractivity contribution in [3.05, 3.63) is 30.5 Å². The van der Waals surface area contributed by atoms with Crippen LogP contribution in [0.3, 0.4) is 0 Å². The number of aromatic nitrogens is 1. The molecule has 2 N–H and O–H groups in total. The number of urea groups is 1. The van der Waals surface area contributed by atoms with Gasteiger partial charge in [-0.25, -0.2) is 4.79 Å². The number of fused-ring (bicyclic) bond motifs is 1. The summed E-state index contributed by atoms with van der Waals surface area (Å²) in [5, 5.41) is 5.86. The van der Waals surface area contributed by atoms with Crippen molar-refractivity contribution in [1.82, 2.24) is 15.2 Å². The second kappa shape index (κ2) is 8.15. The van der Waals surface area contributed by atoms with E-state index in [0.717, 1.165) is 0 Å². The van der Waals surface area contributed by atoms with Crippen molar-refractivity contribution in [3.63, 3.8) is 0 Å². The predicted molar refractivity (Wildman–Crippen MR) is 97.9 cm³/mol. The lowest BCUT2D eigenvalue weighted by Gasteiger charge is -2.23. The van der Waals surface area contributed by atoms with Crippen LogP contribution in [0.2, 0.25) is 0 Å². The van der Waals surface area contributed by atoms with E-state index in [0.29, 0.717) is 11.1 Å². The number of amides is 3. The molecule has 9 heteroatoms. The molecule has 3 amide bonds. The fraction of sp³-hybridized carbons (Fsp3) is 0.389. The molecule has 0 radical (unpaired) electrons. The van der Waals surface area contributed by atoms with E-state index in [2.05, 4.69) is 20.4 Å². The fourth-order valence-corrected chi connectivity index (χ4v) is 2.40. The zero-order valence-corrected chi connectivity index (χ0v) is 15.5. The molecule has 7 nitrogen and oxygen atoms in total. The maximum Gasteiger partial charge on any atom is 0.387 e. The Hall–Kier alpha value is -2.97. The number of nitrogens with zero attached hydrogens (tertiary/aromatic N) is 2. The predicted octanol–water partition coefficient (Wildman–Crippen LogP) is 3.21. The van der Waals surface area contributed by atoms with Crippen molar-refractivity contribution in [2.75, 3.05) is 18.9 Å². The number of carbonyl (C=O) groups excluding carboxylic acids is 2. The van der Waals surface area contributed by atoms with Crippen molar-refractivity contribution in [2.24, 2.45) is 0 Å². The van der Waals surface area contributed by atoms with E-state index in [1.54, 1.807) is 12.1 Å². The van der Waals surface area contributed by atoms with Gasteiger partial charge in [-0.05, 0) is 45.0 Å². The number of hydrogen-bond donors (Lipinski definition) is 2. The topological polar surface area (TPSA) is 83.6 Å². The van der Waals surface area contributed by atoms with Crippen molar-refractivity contribution in [2.45, 2.75) is 32.9 Å². The first-order chi connectivity index (χ1) is 12.6. The third kappa shape index (κ3) is 5.77. The zero-order valence-electron chi connectivity index (χ0n) is 15.5. The van der Waals surface area contributed by atoms with E-state index in [-0.39, 0.29) is 23.7 Å². The molecule has 2 aromatic rings. The molecule has 0 saturated heterocycles. The summed E-state index contributed by atoms with van der Waals surface area (Å²) in [7, 11) is 1.48. The van der Waals surface area contributed by atoms with Crippen LogP contribution in [0.25, 0.3) is 10.9 Å². The lowest BCUT2D eigenvalue weighted by molar-refractivity contribution is -0.122. The second-order valence-corrected chi connectivity index (χ2v) is 6.97. The van der Waals surface area contributed by atoms with Gasteiger partial charge in [-0.1, -0.05) is 0 Å². The van der Waals surface area contributed by atoms with Gasteiger partial charge in [-0.15, -0.1) is 0 Å². The molecular weight excluding hydrogens is 358 g/mol. The highest BCUT2D eigenvalue weighted by atomic mass is 19.3. The smallest absolute Gasteiger partial charge is 0.387 e. The summed E-state index contributed by atoms with van der Waals surface area (Å²) in [6, 6.07) is 5.48. The van der Waals surface area contributed by atoms with E-state index in [1.165, 1.54) is 30.3 Å². The Morgan fingerprint density at radius 1 is 1.26 bits per heavy atom. The summed E-state index contributed by atoms with van der Waals surface area (Å²) in [5.41, 5.74) is 0.160. The molecule has 146 valence electrons. The average molecular weight is 380 g/mol. The first-order valence-electron chi connectivity index (χ1n) is 8.22. The van der Waals surface area contributed by atoms with E-state index in [4.69, 9.17) is 0 Å². The van der Waals surface area contributed by atoms with Gasteiger partial charge in [0.15, 0.2) is 5.75 Å². The van der Waals surface area contributed by atoms with Crippen molar-refractivity contribution >= 4 is 28.5 Å². The molecule has 0 spiro atoms. The van der Waals surface area contributed by atoms with E-state index in [9.17, 15) is 18.4 Å². The quantitative estimate of drug-likeness (QED) is 0.834. The lowest BCUT2D eigenvalue weighted by Crippen LogP contribution is -2.47. The lowest BCUT2D eigenvalue weighted by atomic mass is 10.1. The molecule has 1 aromatic carbocycles. The van der Waals surface area contributed by atoms with Gasteiger partial charge in [0, 0.05) is 24.2 Å². The number of likely N-dealkylation sites (N-methyl/N-ethyl adjacent to an activating group) is 1. The SMILES string of the molecule is CN(CC(=O)NC(C)(C)C)C(=O)Nc1ccc(OC(F)F)c2ncccc12. The molecule has 0 saturated carbocycles. The number of halogens is 2. The molecule has 0 fully saturated rings. The Morgan fingerprint density at radius 2 is 1.96 bits per heavy atom. The van der Waals surface area contributed by atoms with Crippen LogP contribution in [0.1, 0.15) is 20.8 Å². The number of benzene rings is 1. The number of anilines is 1. The molecule has 1 heterocycles. The van der Waals surface area contributed by atoms with Crippen LogP contribution in [0, 0.1) is 0 Å². The molecule has 0 aliphatic carbocycles. The summed E-state index contributed by atoms with van der Waals surface area (Å²) >= 11 is 0. The van der Waals surface area contributed by atoms with Crippen LogP contribution < -0.4 is 15.4 Å². The molecule has 2 rings (SSSR count). The Bertz CT molecular complexity index is 837. The average Bonchev–Trinajstić information content (AvgIpc) is 2.54. The molecule has 0 aliphatic rings. The summed E-state index contributed by atoms with van der Waals surface area (Å²) in [4.78, 5) is 29.6. The summed E-state index contributed by atoms with van der Waals surface area (Å²) in [5.74, 6) is -0.385. The van der Waals surface area contributed by atoms with Crippen LogP contribution in [-0.4, -0.2) is 47.6 Å². The Labute approximate surface area is 155 Å². The van der Waals surface area contributed by atoms with Crippen molar-refractivity contribution < 1.29 is 23.1 Å². The highest BCUT2D eigenvalue weighted by Crippen LogP contribution is 2.31. The Balaban J connectivity index is 2.16. The van der Waals surface area contributed by atoms with E-state index >= 15 is 0 Å². The number of hydrogen-bond acceptors (Lipinski definition) is 4. The van der Waals surface area contributed by atoms with Crippen LogP contribution in [0.15, 0.2) is 30.5 Å². The Morgan fingerprint density at radius 3 is 2.59 bits per heavy atom. The number of rotatable bonds is 5. The van der Waals surface area contributed by atoms with Crippen molar-refractivity contribution in [3.8, 4) is 5.75 Å². The van der Waals surface area contributed by atoms with E-state index < -0.39 is 18.2 Å². The number of alkyl halides is 2. The molecular formula is C18H22F2N4O3. The summed E-state index contributed by atoms with van der Waals surface area (Å²) in [6.07, 6.45) is 1.44. The van der Waals surface area contributed by atoms with Gasteiger partial charge in [0.05, 0.1) is 5.69 Å². The number of carbonyl (C=O) groups is 2. The normalized spacial score (nSPS) is 11.4. The maximum absolute atomic E-state index is 12.5. The largest absolute Gasteiger partial charge is 0.432 e. The number of nitrogens with one attached hydrogen (secondary N) is 2. The molecule has 0 unspecified atom stereocenters. The fourth-order valence-electron chi connectivity index (χ4n) is 2.40. The van der Waals surface area contributed by atoms with Gasteiger partial charge in [-0.3, -0.25) is 9.78 Å². The monoisotopic (exact) mass is 380 g/mol. The first kappa shape index (κ1) is 20.3. The van der Waals surface area contributed by atoms with Crippen LogP contribution in [0.5, 0.6) is 5.75 Å². The summed E-state index contributed by atoms with van der Waals surface area (Å²) < 4.78 is 29.5. The van der Waals surface area contributed by atoms with Crippen molar-refractivity contribution in [1.29, 1.82) is 0 Å². The Kier molecular flexibility index (Phi) is 6.14. The van der Waals surface area contributed by atoms with Gasteiger partial charge in [-0.2, -0.15) is 8.78 Å². The standard InChI is InChI=1S/C18H22F2N4O3/c1-18(2,3)23-14(25)10-24(4)17(26)22-12-7-8-13(27-16(19)20)15-11(12)6-5-9-21-15/h5-9,16H,10H2,1-4H3,(H,22,26)(H,23,25). The highest BCUT2D eigenvalue weighted by molar-refractivity contribution is 6.02. The summed E-state index contributed by atoms with van der Waals surface area (Å²) in [6.45, 7) is 2.40. The third-order valence-electron chi connectivity index (χ3n) is 3.43. The van der Waals surface area contributed by atoms with Gasteiger partial charge in [0.25, 0.3) is 0 Å². The number of pyridine rings is 1. The number of ether oxygens (including phenoxy) is 1. The minimum atomic E-state index is -2.98. The molecule has 27 heavy (non-hydrogen) atoms. The highest BCUT2D eigenvalue weighted by Gasteiger charge is 2.19. The van der Waals surface area contributed by atoms with Gasteiger partial charge >= 0.3 is 12.6 Å². The minimum Gasteiger partial charge on any atom is -0.432 e. The van der Waals surface area contributed by atoms with Gasteiger partial charge in [0.2, 0.25) is 5.91 Å². The first-order valence-corrected chi connectivity index (χ1v) is 8.22. The van der Waals surface area contributed by atoms with Gasteiger partial charge in [0.1, 0.15) is 12.1 Å². The molecule has 0 aliphatic heterocycles. The van der Waals surface area contributed by atoms with Crippen LogP contribution in [0.4, 0.5) is 19.3 Å². The van der Waals surface area contributed by atoms with Crippen LogP contribution in [-0.2, 0) is 4.79 Å². The molecule has 0 bridgehead atoms. The zero-order chi connectivity index (χ0) is 20.2.